The van der Waals surface area contributed by atoms with E-state index < -0.39 is 4.92 Å². The molecule has 1 heterocycles. The molecule has 6 nitrogen and oxygen atoms in total. The van der Waals surface area contributed by atoms with Gasteiger partial charge in [-0.1, -0.05) is 23.2 Å². The molecule has 0 spiro atoms. The largest absolute Gasteiger partial charge is 0.417 e. The van der Waals surface area contributed by atoms with Gasteiger partial charge in [-0.25, -0.2) is 9.97 Å². The van der Waals surface area contributed by atoms with Crippen LogP contribution in [0.25, 0.3) is 0 Å². The van der Waals surface area contributed by atoms with Gasteiger partial charge in [-0.3, -0.25) is 10.1 Å². The third-order valence-corrected chi connectivity index (χ3v) is 3.27. The van der Waals surface area contributed by atoms with Gasteiger partial charge in [0.15, 0.2) is 0 Å². The van der Waals surface area contributed by atoms with E-state index in [1.807, 2.05) is 0 Å². The summed E-state index contributed by atoms with van der Waals surface area (Å²) in [4.78, 5) is 18.1. The lowest BCUT2D eigenvalue weighted by molar-refractivity contribution is -0.385. The van der Waals surface area contributed by atoms with E-state index in [0.29, 0.717) is 5.56 Å². The second-order valence-electron chi connectivity index (χ2n) is 3.60. The zero-order valence-electron chi connectivity index (χ0n) is 9.72. The highest BCUT2D eigenvalue weighted by molar-refractivity contribution is 6.42. The van der Waals surface area contributed by atoms with Crippen LogP contribution in [0.4, 0.5) is 5.69 Å². The molecular weight excluding hydrogens is 328 g/mol. The summed E-state index contributed by atoms with van der Waals surface area (Å²) in [5, 5.41) is 11.1. The van der Waals surface area contributed by atoms with Crippen molar-refractivity contribution in [2.45, 2.75) is 5.88 Å². The van der Waals surface area contributed by atoms with Crippen LogP contribution in [0.1, 0.15) is 5.56 Å². The number of alkyl halides is 1. The quantitative estimate of drug-likeness (QED) is 0.475. The predicted octanol–water partition coefficient (Wildman–Crippen LogP) is 4.22. The number of benzene rings is 1. The standard InChI is InChI=1S/C11H6Cl3N3O3/c12-3-6-4-15-11(16-5-6)20-10-2-8(14)7(13)1-9(10)17(18)19/h1-2,4-5H,3H2. The van der Waals surface area contributed by atoms with Crippen LogP contribution in [0.3, 0.4) is 0 Å². The van der Waals surface area contributed by atoms with Crippen molar-refractivity contribution in [2.75, 3.05) is 0 Å². The maximum absolute atomic E-state index is 10.9. The first kappa shape index (κ1) is 14.8. The van der Waals surface area contributed by atoms with Gasteiger partial charge in [-0.2, -0.15) is 0 Å². The molecular formula is C11H6Cl3N3O3. The molecule has 0 fully saturated rings. The van der Waals surface area contributed by atoms with Crippen molar-refractivity contribution in [3.05, 3.63) is 50.2 Å². The molecule has 0 amide bonds. The third kappa shape index (κ3) is 3.27. The molecule has 0 saturated heterocycles. The van der Waals surface area contributed by atoms with Crippen LogP contribution >= 0.6 is 34.8 Å². The van der Waals surface area contributed by atoms with E-state index in [4.69, 9.17) is 39.5 Å². The number of nitro benzene ring substituents is 1. The Labute approximate surface area is 128 Å². The van der Waals surface area contributed by atoms with Gasteiger partial charge in [0, 0.05) is 30.1 Å². The fraction of sp³-hybridized carbons (Fsp3) is 0.0909. The summed E-state index contributed by atoms with van der Waals surface area (Å²) in [7, 11) is 0. The van der Waals surface area contributed by atoms with Gasteiger partial charge in [0.25, 0.3) is 0 Å². The van der Waals surface area contributed by atoms with Crippen molar-refractivity contribution < 1.29 is 9.66 Å². The number of nitrogens with zero attached hydrogens (tertiary/aromatic N) is 3. The smallest absolute Gasteiger partial charge is 0.322 e. The normalized spacial score (nSPS) is 10.3. The van der Waals surface area contributed by atoms with Crippen molar-refractivity contribution in [1.82, 2.24) is 9.97 Å². The minimum atomic E-state index is -0.634. The summed E-state index contributed by atoms with van der Waals surface area (Å²) in [6, 6.07) is 2.29. The Morgan fingerprint density at radius 3 is 2.35 bits per heavy atom. The van der Waals surface area contributed by atoms with Crippen LogP contribution in [-0.4, -0.2) is 14.9 Å². The SMILES string of the molecule is O=[N+]([O-])c1cc(Cl)c(Cl)cc1Oc1ncc(CCl)cn1. The van der Waals surface area contributed by atoms with Crippen LogP contribution in [0.2, 0.25) is 10.0 Å². The highest BCUT2D eigenvalue weighted by Gasteiger charge is 2.19. The molecule has 1 aromatic carbocycles. The van der Waals surface area contributed by atoms with Crippen molar-refractivity contribution >= 4 is 40.5 Å². The van der Waals surface area contributed by atoms with Gasteiger partial charge in [-0.05, 0) is 0 Å². The Bertz CT molecular complexity index is 649. The maximum Gasteiger partial charge on any atom is 0.322 e. The zero-order valence-corrected chi connectivity index (χ0v) is 12.0. The molecule has 0 N–H and O–H groups in total. The summed E-state index contributed by atoms with van der Waals surface area (Å²) >= 11 is 17.1. The fourth-order valence-corrected chi connectivity index (χ4v) is 1.76. The number of aromatic nitrogens is 2. The lowest BCUT2D eigenvalue weighted by atomic mass is 10.3. The molecule has 2 rings (SSSR count). The van der Waals surface area contributed by atoms with Gasteiger partial charge in [-0.15, -0.1) is 11.6 Å². The van der Waals surface area contributed by atoms with Crippen molar-refractivity contribution in [2.24, 2.45) is 0 Å². The molecule has 0 aliphatic heterocycles. The number of ether oxygens (including phenoxy) is 1. The van der Waals surface area contributed by atoms with E-state index >= 15 is 0 Å². The number of rotatable bonds is 4. The Hall–Kier alpha value is -1.63. The van der Waals surface area contributed by atoms with E-state index in [9.17, 15) is 10.1 Å². The first-order valence-corrected chi connectivity index (χ1v) is 6.48. The van der Waals surface area contributed by atoms with E-state index in [2.05, 4.69) is 9.97 Å². The Balaban J connectivity index is 2.36. The van der Waals surface area contributed by atoms with E-state index in [-0.39, 0.29) is 33.4 Å². The number of hydrogen-bond donors (Lipinski definition) is 0. The number of hydrogen-bond acceptors (Lipinski definition) is 5. The zero-order chi connectivity index (χ0) is 14.7. The Morgan fingerprint density at radius 1 is 1.20 bits per heavy atom. The minimum absolute atomic E-state index is 0.0552. The molecule has 2 aromatic rings. The molecule has 0 aliphatic carbocycles. The summed E-state index contributed by atoms with van der Waals surface area (Å²) in [6.45, 7) is 0. The summed E-state index contributed by atoms with van der Waals surface area (Å²) < 4.78 is 5.26. The third-order valence-electron chi connectivity index (χ3n) is 2.24. The fourth-order valence-electron chi connectivity index (χ4n) is 1.31. The minimum Gasteiger partial charge on any atom is -0.417 e. The average Bonchev–Trinajstić information content (AvgIpc) is 2.43. The first-order valence-electron chi connectivity index (χ1n) is 5.19. The van der Waals surface area contributed by atoms with E-state index in [1.54, 1.807) is 0 Å². The highest BCUT2D eigenvalue weighted by Crippen LogP contribution is 2.37. The van der Waals surface area contributed by atoms with Crippen LogP contribution in [0, 0.1) is 10.1 Å². The molecule has 0 bridgehead atoms. The highest BCUT2D eigenvalue weighted by atomic mass is 35.5. The monoisotopic (exact) mass is 333 g/mol. The van der Waals surface area contributed by atoms with Crippen LogP contribution in [-0.2, 0) is 5.88 Å². The van der Waals surface area contributed by atoms with Crippen molar-refractivity contribution in [3.63, 3.8) is 0 Å². The van der Waals surface area contributed by atoms with Gasteiger partial charge in [0.1, 0.15) is 0 Å². The van der Waals surface area contributed by atoms with Gasteiger partial charge >= 0.3 is 11.7 Å². The van der Waals surface area contributed by atoms with E-state index in [1.165, 1.54) is 18.5 Å². The lowest BCUT2D eigenvalue weighted by Gasteiger charge is -2.06. The van der Waals surface area contributed by atoms with Crippen LogP contribution < -0.4 is 4.74 Å². The van der Waals surface area contributed by atoms with Crippen molar-refractivity contribution in [1.29, 1.82) is 0 Å². The maximum atomic E-state index is 10.9. The first-order chi connectivity index (χ1) is 9.51. The molecule has 20 heavy (non-hydrogen) atoms. The number of halogens is 3. The lowest BCUT2D eigenvalue weighted by Crippen LogP contribution is -1.97. The molecule has 0 atom stereocenters. The molecule has 0 aliphatic rings. The molecule has 1 aromatic heterocycles. The van der Waals surface area contributed by atoms with Crippen molar-refractivity contribution in [3.8, 4) is 11.8 Å². The average molecular weight is 335 g/mol. The van der Waals surface area contributed by atoms with E-state index in [0.717, 1.165) is 6.07 Å². The molecule has 9 heteroatoms. The molecule has 104 valence electrons. The molecule has 0 radical (unpaired) electrons. The second-order valence-corrected chi connectivity index (χ2v) is 4.68. The molecule has 0 saturated carbocycles. The van der Waals surface area contributed by atoms with Gasteiger partial charge < -0.3 is 4.74 Å². The summed E-state index contributed by atoms with van der Waals surface area (Å²) in [5.41, 5.74) is 0.368. The summed E-state index contributed by atoms with van der Waals surface area (Å²) in [6.07, 6.45) is 2.91. The van der Waals surface area contributed by atoms with Gasteiger partial charge in [0.2, 0.25) is 5.75 Å². The Morgan fingerprint density at radius 2 is 1.80 bits per heavy atom. The topological polar surface area (TPSA) is 78.2 Å². The Kier molecular flexibility index (Phi) is 4.59. The van der Waals surface area contributed by atoms with Crippen LogP contribution in [0.5, 0.6) is 11.8 Å². The second kappa shape index (κ2) is 6.21. The van der Waals surface area contributed by atoms with Crippen LogP contribution in [0.15, 0.2) is 24.5 Å². The molecule has 0 unspecified atom stereocenters. The predicted molar refractivity (Wildman–Crippen MR) is 74.8 cm³/mol. The summed E-state index contributed by atoms with van der Waals surface area (Å²) in [5.74, 6) is 0.163. The number of nitro groups is 1. The van der Waals surface area contributed by atoms with Gasteiger partial charge in [0.05, 0.1) is 20.8 Å².